The first-order valence-corrected chi connectivity index (χ1v) is 11.9. The molecule has 1 aliphatic heterocycles. The summed E-state index contributed by atoms with van der Waals surface area (Å²) in [7, 11) is -3.66. The van der Waals surface area contributed by atoms with Gasteiger partial charge in [-0.3, -0.25) is 4.79 Å². The van der Waals surface area contributed by atoms with Crippen LogP contribution in [0.3, 0.4) is 0 Å². The van der Waals surface area contributed by atoms with Crippen LogP contribution in [0.15, 0.2) is 39.1 Å². The van der Waals surface area contributed by atoms with Crippen molar-refractivity contribution in [1.82, 2.24) is 14.2 Å². The molecule has 0 aliphatic carbocycles. The zero-order valence-corrected chi connectivity index (χ0v) is 18.5. The second kappa shape index (κ2) is 8.38. The number of nitrogens with zero attached hydrogens (tertiary/aromatic N) is 3. The summed E-state index contributed by atoms with van der Waals surface area (Å²) in [6.45, 7) is 5.42. The van der Waals surface area contributed by atoms with Crippen LogP contribution < -0.4 is 0 Å². The van der Waals surface area contributed by atoms with E-state index >= 15 is 0 Å². The van der Waals surface area contributed by atoms with Crippen molar-refractivity contribution in [1.29, 1.82) is 0 Å². The molecule has 0 spiro atoms. The summed E-state index contributed by atoms with van der Waals surface area (Å²) in [5, 5.41) is 2.34. The molecule has 6 nitrogen and oxygen atoms in total. The van der Waals surface area contributed by atoms with Crippen LogP contribution in [0.2, 0.25) is 0 Å². The van der Waals surface area contributed by atoms with E-state index in [1.165, 1.54) is 15.6 Å². The van der Waals surface area contributed by atoms with Crippen molar-refractivity contribution in [2.75, 3.05) is 26.2 Å². The minimum absolute atomic E-state index is 0.0698. The summed E-state index contributed by atoms with van der Waals surface area (Å²) >= 11 is 4.71. The van der Waals surface area contributed by atoms with E-state index in [4.69, 9.17) is 0 Å². The van der Waals surface area contributed by atoms with E-state index in [1.54, 1.807) is 10.3 Å². The lowest BCUT2D eigenvalue weighted by molar-refractivity contribution is -0.134. The molecule has 9 heteroatoms. The van der Waals surface area contributed by atoms with Crippen molar-refractivity contribution in [3.8, 4) is 10.6 Å². The Morgan fingerprint density at radius 3 is 2.52 bits per heavy atom. The molecule has 1 aliphatic rings. The van der Waals surface area contributed by atoms with Crippen molar-refractivity contribution in [2.24, 2.45) is 5.92 Å². The first-order chi connectivity index (χ1) is 12.8. The predicted molar refractivity (Wildman–Crippen MR) is 110 cm³/mol. The summed E-state index contributed by atoms with van der Waals surface area (Å²) in [6, 6.07) is 7.61. The Labute approximate surface area is 172 Å². The van der Waals surface area contributed by atoms with E-state index < -0.39 is 10.0 Å². The Kier molecular flexibility index (Phi) is 6.35. The molecule has 0 radical (unpaired) electrons. The van der Waals surface area contributed by atoms with Crippen molar-refractivity contribution < 1.29 is 13.2 Å². The average Bonchev–Trinajstić information content (AvgIpc) is 3.00. The molecule has 1 aromatic heterocycles. The molecule has 1 aromatic carbocycles. The van der Waals surface area contributed by atoms with Gasteiger partial charge in [-0.25, -0.2) is 13.4 Å². The van der Waals surface area contributed by atoms with E-state index in [9.17, 15) is 13.2 Å². The highest BCUT2D eigenvalue weighted by atomic mass is 79.9. The minimum atomic E-state index is -3.66. The number of amides is 1. The molecule has 146 valence electrons. The molecule has 2 aromatic rings. The van der Waals surface area contributed by atoms with Crippen molar-refractivity contribution in [2.45, 2.75) is 25.3 Å². The quantitative estimate of drug-likeness (QED) is 0.684. The number of sulfonamides is 1. The lowest BCUT2D eigenvalue weighted by atomic mass is 10.2. The van der Waals surface area contributed by atoms with Crippen LogP contribution in [0, 0.1) is 5.92 Å². The van der Waals surface area contributed by atoms with Gasteiger partial charge < -0.3 is 4.90 Å². The predicted octanol–water partition coefficient (Wildman–Crippen LogP) is 3.45. The molecule has 0 bridgehead atoms. The molecule has 0 unspecified atom stereocenters. The first-order valence-electron chi connectivity index (χ1n) is 8.79. The van der Waals surface area contributed by atoms with Gasteiger partial charge in [0.15, 0.2) is 5.03 Å². The number of aromatic nitrogens is 1. The molecule has 2 heterocycles. The van der Waals surface area contributed by atoms with Crippen LogP contribution in [-0.2, 0) is 14.8 Å². The van der Waals surface area contributed by atoms with Gasteiger partial charge in [0.05, 0.1) is 0 Å². The van der Waals surface area contributed by atoms with Gasteiger partial charge in [0, 0.05) is 47.5 Å². The molecule has 3 rings (SSSR count). The van der Waals surface area contributed by atoms with E-state index in [0.717, 1.165) is 10.0 Å². The third kappa shape index (κ3) is 4.59. The summed E-state index contributed by atoms with van der Waals surface area (Å²) in [5.74, 6) is -0.0133. The zero-order chi connectivity index (χ0) is 19.6. The number of hydrogen-bond donors (Lipinski definition) is 0. The van der Waals surface area contributed by atoms with Gasteiger partial charge in [0.25, 0.3) is 10.0 Å². The Hall–Kier alpha value is -1.29. The summed E-state index contributed by atoms with van der Waals surface area (Å²) < 4.78 is 28.4. The molecular weight excluding hydrogens is 450 g/mol. The maximum atomic E-state index is 13.0. The maximum absolute atomic E-state index is 13.0. The van der Waals surface area contributed by atoms with Crippen LogP contribution in [0.25, 0.3) is 10.6 Å². The van der Waals surface area contributed by atoms with E-state index in [1.807, 2.05) is 38.1 Å². The lowest BCUT2D eigenvalue weighted by Crippen LogP contribution is -2.39. The van der Waals surface area contributed by atoms with Crippen molar-refractivity contribution in [3.05, 3.63) is 34.1 Å². The number of benzene rings is 1. The molecule has 27 heavy (non-hydrogen) atoms. The molecule has 1 amide bonds. The Bertz CT molecular complexity index is 910. The van der Waals surface area contributed by atoms with Crippen LogP contribution in [0.5, 0.6) is 0 Å². The second-order valence-electron chi connectivity index (χ2n) is 6.74. The third-order valence-electron chi connectivity index (χ3n) is 4.44. The van der Waals surface area contributed by atoms with Gasteiger partial charge in [-0.15, -0.1) is 11.3 Å². The fourth-order valence-electron chi connectivity index (χ4n) is 2.95. The molecule has 0 N–H and O–H groups in total. The highest BCUT2D eigenvalue weighted by Gasteiger charge is 2.30. The maximum Gasteiger partial charge on any atom is 0.261 e. The van der Waals surface area contributed by atoms with Gasteiger partial charge in [0.2, 0.25) is 5.91 Å². The fourth-order valence-corrected chi connectivity index (χ4v) is 5.76. The zero-order valence-electron chi connectivity index (χ0n) is 15.3. The number of carbonyl (C=O) groups is 1. The van der Waals surface area contributed by atoms with Gasteiger partial charge in [-0.05, 0) is 18.6 Å². The van der Waals surface area contributed by atoms with Gasteiger partial charge in [-0.2, -0.15) is 4.31 Å². The average molecular weight is 472 g/mol. The smallest absolute Gasteiger partial charge is 0.261 e. The highest BCUT2D eigenvalue weighted by molar-refractivity contribution is 9.10. The summed E-state index contributed by atoms with van der Waals surface area (Å²) in [6.07, 6.45) is 0.626. The van der Waals surface area contributed by atoms with E-state index in [0.29, 0.717) is 37.6 Å². The topological polar surface area (TPSA) is 70.6 Å². The number of hydrogen-bond acceptors (Lipinski definition) is 5. The third-order valence-corrected chi connectivity index (χ3v) is 7.79. The van der Waals surface area contributed by atoms with Crippen LogP contribution >= 0.6 is 27.3 Å². The first kappa shape index (κ1) is 20.4. The van der Waals surface area contributed by atoms with Gasteiger partial charge in [-0.1, -0.05) is 41.9 Å². The van der Waals surface area contributed by atoms with Crippen LogP contribution in [0.4, 0.5) is 0 Å². The molecular formula is C18H22BrN3O3S2. The van der Waals surface area contributed by atoms with Crippen LogP contribution in [-0.4, -0.2) is 54.7 Å². The van der Waals surface area contributed by atoms with E-state index in [-0.39, 0.29) is 16.9 Å². The Morgan fingerprint density at radius 2 is 1.85 bits per heavy atom. The molecule has 1 saturated heterocycles. The molecule has 1 fully saturated rings. The number of halogens is 1. The van der Waals surface area contributed by atoms with Gasteiger partial charge in [0.1, 0.15) is 5.01 Å². The van der Waals surface area contributed by atoms with Crippen LogP contribution in [0.1, 0.15) is 20.3 Å². The summed E-state index contributed by atoms with van der Waals surface area (Å²) in [4.78, 5) is 18.3. The standard InChI is InChI=1S/C18H22BrN3O3S2/c1-13(2)18(23)21-8-3-9-22(11-10-21)27(24,25)16-12-26-17(20-16)14-4-6-15(19)7-5-14/h4-7,12-13H,3,8-11H2,1-2H3. The van der Waals surface area contributed by atoms with Crippen molar-refractivity contribution in [3.63, 3.8) is 0 Å². The van der Waals surface area contributed by atoms with E-state index in [2.05, 4.69) is 20.9 Å². The normalized spacial score (nSPS) is 16.5. The van der Waals surface area contributed by atoms with Gasteiger partial charge >= 0.3 is 0 Å². The largest absolute Gasteiger partial charge is 0.341 e. The Balaban J connectivity index is 1.76. The second-order valence-corrected chi connectivity index (χ2v) is 10.4. The monoisotopic (exact) mass is 471 g/mol. The van der Waals surface area contributed by atoms with Crippen molar-refractivity contribution >= 4 is 43.2 Å². The molecule has 0 atom stereocenters. The minimum Gasteiger partial charge on any atom is -0.341 e. The SMILES string of the molecule is CC(C)C(=O)N1CCCN(S(=O)(=O)c2csc(-c3ccc(Br)cc3)n2)CC1. The highest BCUT2D eigenvalue weighted by Crippen LogP contribution is 2.28. The number of thiazole rings is 1. The summed E-state index contributed by atoms with van der Waals surface area (Å²) in [5.41, 5.74) is 0.884. The number of rotatable bonds is 4. The lowest BCUT2D eigenvalue weighted by Gasteiger charge is -2.23. The Morgan fingerprint density at radius 1 is 1.15 bits per heavy atom. The molecule has 0 saturated carbocycles. The number of carbonyl (C=O) groups excluding carboxylic acids is 1. The fraction of sp³-hybridized carbons (Fsp3) is 0.444.